The van der Waals surface area contributed by atoms with Gasteiger partial charge in [0.15, 0.2) is 0 Å². The summed E-state index contributed by atoms with van der Waals surface area (Å²) >= 11 is 0. The van der Waals surface area contributed by atoms with Crippen molar-refractivity contribution in [1.29, 1.82) is 0 Å². The molecular formula is C15H16O3. The van der Waals surface area contributed by atoms with Crippen molar-refractivity contribution in [3.63, 3.8) is 0 Å². The molecule has 0 aliphatic heterocycles. The average Bonchev–Trinajstić information content (AvgIpc) is 2.38. The van der Waals surface area contributed by atoms with Crippen LogP contribution in [0.3, 0.4) is 0 Å². The largest absolute Gasteiger partial charge is 0.507 e. The van der Waals surface area contributed by atoms with E-state index in [1.54, 1.807) is 25.3 Å². The lowest BCUT2D eigenvalue weighted by molar-refractivity contribution is 0.0988. The highest BCUT2D eigenvalue weighted by molar-refractivity contribution is 5.45. The zero-order valence-electron chi connectivity index (χ0n) is 10.2. The van der Waals surface area contributed by atoms with Crippen LogP contribution in [0.4, 0.5) is 0 Å². The minimum Gasteiger partial charge on any atom is -0.507 e. The van der Waals surface area contributed by atoms with E-state index >= 15 is 0 Å². The monoisotopic (exact) mass is 244 g/mol. The van der Waals surface area contributed by atoms with Crippen LogP contribution >= 0.6 is 0 Å². The van der Waals surface area contributed by atoms with Crippen molar-refractivity contribution in [1.82, 2.24) is 0 Å². The molecule has 18 heavy (non-hydrogen) atoms. The molecule has 94 valence electrons. The topological polar surface area (TPSA) is 49.7 Å². The molecule has 3 heteroatoms. The molecule has 2 rings (SSSR count). The maximum Gasteiger partial charge on any atom is 0.125 e. The molecule has 0 heterocycles. The van der Waals surface area contributed by atoms with E-state index in [0.29, 0.717) is 12.0 Å². The maximum absolute atomic E-state index is 9.83. The fraction of sp³-hybridized carbons (Fsp3) is 0.200. The zero-order valence-corrected chi connectivity index (χ0v) is 10.2. The van der Waals surface area contributed by atoms with Gasteiger partial charge in [0.1, 0.15) is 11.5 Å². The molecule has 0 amide bonds. The maximum atomic E-state index is 9.83. The fourth-order valence-electron chi connectivity index (χ4n) is 2.00. The molecule has 0 radical (unpaired) electrons. The second kappa shape index (κ2) is 5.56. The zero-order chi connectivity index (χ0) is 13.0. The van der Waals surface area contributed by atoms with Crippen LogP contribution < -0.4 is 0 Å². The molecule has 0 bridgehead atoms. The van der Waals surface area contributed by atoms with Crippen LogP contribution in [0.2, 0.25) is 0 Å². The second-order valence-corrected chi connectivity index (χ2v) is 4.12. The Balaban J connectivity index is 2.29. The SMILES string of the molecule is COC(Cc1ccccc1)c1c(O)cccc1O. The van der Waals surface area contributed by atoms with Crippen LogP contribution in [-0.4, -0.2) is 17.3 Å². The number of hydrogen-bond acceptors (Lipinski definition) is 3. The summed E-state index contributed by atoms with van der Waals surface area (Å²) in [4.78, 5) is 0. The van der Waals surface area contributed by atoms with Gasteiger partial charge in [-0.1, -0.05) is 36.4 Å². The molecule has 1 unspecified atom stereocenters. The van der Waals surface area contributed by atoms with Gasteiger partial charge in [-0.15, -0.1) is 0 Å². The van der Waals surface area contributed by atoms with Gasteiger partial charge in [0.25, 0.3) is 0 Å². The highest BCUT2D eigenvalue weighted by Crippen LogP contribution is 2.35. The minimum absolute atomic E-state index is 0.0535. The Morgan fingerprint density at radius 1 is 0.944 bits per heavy atom. The highest BCUT2D eigenvalue weighted by atomic mass is 16.5. The summed E-state index contributed by atoms with van der Waals surface area (Å²) in [6, 6.07) is 14.5. The standard InChI is InChI=1S/C15H16O3/c1-18-14(10-11-6-3-2-4-7-11)15-12(16)8-5-9-13(15)17/h2-9,14,16-17H,10H2,1H3. The minimum atomic E-state index is -0.367. The molecule has 0 saturated carbocycles. The first-order valence-corrected chi connectivity index (χ1v) is 5.80. The highest BCUT2D eigenvalue weighted by Gasteiger charge is 2.19. The average molecular weight is 244 g/mol. The van der Waals surface area contributed by atoms with Crippen LogP contribution in [0.15, 0.2) is 48.5 Å². The lowest BCUT2D eigenvalue weighted by atomic mass is 9.99. The normalized spacial score (nSPS) is 12.3. The quantitative estimate of drug-likeness (QED) is 0.869. The predicted molar refractivity (Wildman–Crippen MR) is 69.7 cm³/mol. The van der Waals surface area contributed by atoms with Crippen molar-refractivity contribution in [2.24, 2.45) is 0 Å². The number of phenols is 2. The van der Waals surface area contributed by atoms with E-state index in [4.69, 9.17) is 4.74 Å². The molecule has 1 atom stereocenters. The summed E-state index contributed by atoms with van der Waals surface area (Å²) in [6.45, 7) is 0. The number of phenolic OH excluding ortho intramolecular Hbond substituents is 2. The first-order chi connectivity index (χ1) is 8.72. The Morgan fingerprint density at radius 3 is 2.11 bits per heavy atom. The van der Waals surface area contributed by atoms with Crippen LogP contribution in [-0.2, 0) is 11.2 Å². The lowest BCUT2D eigenvalue weighted by Gasteiger charge is -2.18. The molecule has 0 fully saturated rings. The Bertz CT molecular complexity index is 488. The van der Waals surface area contributed by atoms with Crippen molar-refractivity contribution in [3.8, 4) is 11.5 Å². The summed E-state index contributed by atoms with van der Waals surface area (Å²) in [6.07, 6.45) is 0.233. The second-order valence-electron chi connectivity index (χ2n) is 4.12. The van der Waals surface area contributed by atoms with Gasteiger partial charge >= 0.3 is 0 Å². The van der Waals surface area contributed by atoms with Crippen LogP contribution in [0.5, 0.6) is 11.5 Å². The Morgan fingerprint density at radius 2 is 1.56 bits per heavy atom. The molecule has 2 aromatic rings. The van der Waals surface area contributed by atoms with Gasteiger partial charge in [-0.05, 0) is 17.7 Å². The summed E-state index contributed by atoms with van der Waals surface area (Å²) in [5.74, 6) is 0.107. The summed E-state index contributed by atoms with van der Waals surface area (Å²) in [7, 11) is 1.57. The van der Waals surface area contributed by atoms with Crippen molar-refractivity contribution in [3.05, 3.63) is 59.7 Å². The van der Waals surface area contributed by atoms with Crippen molar-refractivity contribution < 1.29 is 14.9 Å². The van der Waals surface area contributed by atoms with Crippen LogP contribution in [0.1, 0.15) is 17.2 Å². The molecule has 2 N–H and O–H groups in total. The summed E-state index contributed by atoms with van der Waals surface area (Å²) in [5.41, 5.74) is 1.52. The Hall–Kier alpha value is -2.00. The first-order valence-electron chi connectivity index (χ1n) is 5.80. The van der Waals surface area contributed by atoms with Gasteiger partial charge in [0.05, 0.1) is 11.7 Å². The molecule has 0 aliphatic carbocycles. The summed E-state index contributed by atoms with van der Waals surface area (Å²) in [5, 5.41) is 19.7. The summed E-state index contributed by atoms with van der Waals surface area (Å²) < 4.78 is 5.38. The van der Waals surface area contributed by atoms with Gasteiger partial charge in [0, 0.05) is 13.5 Å². The third-order valence-corrected chi connectivity index (χ3v) is 2.93. The van der Waals surface area contributed by atoms with E-state index in [2.05, 4.69) is 0 Å². The molecule has 3 nitrogen and oxygen atoms in total. The molecular weight excluding hydrogens is 228 g/mol. The number of aromatic hydroxyl groups is 2. The fourth-order valence-corrected chi connectivity index (χ4v) is 2.00. The van der Waals surface area contributed by atoms with Gasteiger partial charge in [-0.25, -0.2) is 0 Å². The molecule has 0 aromatic heterocycles. The predicted octanol–water partition coefficient (Wildman–Crippen LogP) is 3.03. The number of ether oxygens (including phenoxy) is 1. The van der Waals surface area contributed by atoms with Gasteiger partial charge in [0.2, 0.25) is 0 Å². The Labute approximate surface area is 106 Å². The van der Waals surface area contributed by atoms with Gasteiger partial charge in [-0.3, -0.25) is 0 Å². The van der Waals surface area contributed by atoms with E-state index < -0.39 is 0 Å². The third kappa shape index (κ3) is 2.63. The van der Waals surface area contributed by atoms with E-state index in [1.165, 1.54) is 0 Å². The van der Waals surface area contributed by atoms with Crippen LogP contribution in [0.25, 0.3) is 0 Å². The number of benzene rings is 2. The molecule has 0 spiro atoms. The number of hydrogen-bond donors (Lipinski definition) is 2. The third-order valence-electron chi connectivity index (χ3n) is 2.93. The van der Waals surface area contributed by atoms with Gasteiger partial charge in [-0.2, -0.15) is 0 Å². The van der Waals surface area contributed by atoms with Gasteiger partial charge < -0.3 is 14.9 Å². The number of methoxy groups -OCH3 is 1. The van der Waals surface area contributed by atoms with E-state index in [0.717, 1.165) is 5.56 Å². The smallest absolute Gasteiger partial charge is 0.125 e. The first kappa shape index (κ1) is 12.5. The molecule has 0 aliphatic rings. The van der Waals surface area contributed by atoms with E-state index in [9.17, 15) is 10.2 Å². The lowest BCUT2D eigenvalue weighted by Crippen LogP contribution is -2.06. The number of rotatable bonds is 4. The van der Waals surface area contributed by atoms with Crippen molar-refractivity contribution >= 4 is 0 Å². The molecule has 0 saturated heterocycles. The van der Waals surface area contributed by atoms with Crippen molar-refractivity contribution in [2.45, 2.75) is 12.5 Å². The van der Waals surface area contributed by atoms with E-state index in [-0.39, 0.29) is 17.6 Å². The van der Waals surface area contributed by atoms with Crippen LogP contribution in [0, 0.1) is 0 Å². The van der Waals surface area contributed by atoms with Crippen molar-refractivity contribution in [2.75, 3.05) is 7.11 Å². The Kier molecular flexibility index (Phi) is 3.85. The molecule has 2 aromatic carbocycles. The van der Waals surface area contributed by atoms with E-state index in [1.807, 2.05) is 30.3 Å².